The Morgan fingerprint density at radius 1 is 1.44 bits per heavy atom. The van der Waals surface area contributed by atoms with Gasteiger partial charge in [0.2, 0.25) is 5.91 Å². The number of hydrogen-bond acceptors (Lipinski definition) is 4. The van der Waals surface area contributed by atoms with Crippen LogP contribution >= 0.6 is 24.0 Å². The third kappa shape index (κ3) is 5.55. The SMILES string of the molecule is CCNC(=NCCn1cncn1)N1CC(=O)N(C(C)C)C(C)(C)C1.I. The normalized spacial score (nSPS) is 17.7. The summed E-state index contributed by atoms with van der Waals surface area (Å²) >= 11 is 0. The van der Waals surface area contributed by atoms with Crippen LogP contribution < -0.4 is 5.32 Å². The Labute approximate surface area is 167 Å². The van der Waals surface area contributed by atoms with Crippen molar-refractivity contribution in [2.75, 3.05) is 26.2 Å². The molecule has 1 fully saturated rings. The summed E-state index contributed by atoms with van der Waals surface area (Å²) in [6.07, 6.45) is 3.19. The minimum absolute atomic E-state index is 0. The van der Waals surface area contributed by atoms with Crippen molar-refractivity contribution < 1.29 is 4.79 Å². The van der Waals surface area contributed by atoms with Crippen molar-refractivity contribution in [3.05, 3.63) is 12.7 Å². The van der Waals surface area contributed by atoms with Crippen molar-refractivity contribution in [2.45, 2.75) is 52.7 Å². The molecule has 8 nitrogen and oxygen atoms in total. The minimum Gasteiger partial charge on any atom is -0.357 e. The van der Waals surface area contributed by atoms with E-state index in [1.807, 2.05) is 16.7 Å². The van der Waals surface area contributed by atoms with Crippen LogP contribution in [0.25, 0.3) is 0 Å². The van der Waals surface area contributed by atoms with Gasteiger partial charge in [-0.05, 0) is 34.6 Å². The second-order valence-electron chi connectivity index (χ2n) is 6.92. The molecule has 1 aromatic rings. The summed E-state index contributed by atoms with van der Waals surface area (Å²) in [5.74, 6) is 0.922. The van der Waals surface area contributed by atoms with Gasteiger partial charge < -0.3 is 15.1 Å². The van der Waals surface area contributed by atoms with Crippen LogP contribution in [0, 0.1) is 0 Å². The number of aromatic nitrogens is 3. The number of hydrogen-bond donors (Lipinski definition) is 1. The molecule has 0 atom stereocenters. The summed E-state index contributed by atoms with van der Waals surface area (Å²) in [6, 6.07) is 0.196. The fraction of sp³-hybridized carbons (Fsp3) is 0.750. The molecule has 1 amide bonds. The Morgan fingerprint density at radius 3 is 2.68 bits per heavy atom. The van der Waals surface area contributed by atoms with E-state index >= 15 is 0 Å². The lowest BCUT2D eigenvalue weighted by Gasteiger charge is -2.49. The predicted molar refractivity (Wildman–Crippen MR) is 109 cm³/mol. The van der Waals surface area contributed by atoms with Gasteiger partial charge in [-0.15, -0.1) is 24.0 Å². The van der Waals surface area contributed by atoms with Gasteiger partial charge in [-0.25, -0.2) is 4.98 Å². The molecule has 1 aliphatic rings. The van der Waals surface area contributed by atoms with Crippen LogP contribution in [0.1, 0.15) is 34.6 Å². The molecule has 2 rings (SSSR count). The molecule has 0 aromatic carbocycles. The Balaban J connectivity index is 0.00000312. The highest BCUT2D eigenvalue weighted by Crippen LogP contribution is 2.24. The molecule has 1 saturated heterocycles. The number of piperazine rings is 1. The van der Waals surface area contributed by atoms with Crippen LogP contribution in [-0.4, -0.2) is 74.2 Å². The molecule has 142 valence electrons. The van der Waals surface area contributed by atoms with Crippen molar-refractivity contribution >= 4 is 35.8 Å². The van der Waals surface area contributed by atoms with Gasteiger partial charge in [0.25, 0.3) is 0 Å². The first-order valence-electron chi connectivity index (χ1n) is 8.53. The minimum atomic E-state index is -0.231. The highest BCUT2D eigenvalue weighted by molar-refractivity contribution is 14.0. The molecule has 0 aliphatic carbocycles. The van der Waals surface area contributed by atoms with E-state index in [0.29, 0.717) is 19.6 Å². The van der Waals surface area contributed by atoms with Crippen LogP contribution in [-0.2, 0) is 11.3 Å². The Morgan fingerprint density at radius 2 is 2.16 bits per heavy atom. The maximum atomic E-state index is 12.6. The molecule has 1 aromatic heterocycles. The number of nitrogens with one attached hydrogen (secondary N) is 1. The number of amides is 1. The average molecular weight is 463 g/mol. The number of guanidine groups is 1. The lowest BCUT2D eigenvalue weighted by Crippen LogP contribution is -2.66. The molecule has 2 heterocycles. The van der Waals surface area contributed by atoms with Crippen LogP contribution in [0.15, 0.2) is 17.6 Å². The first kappa shape index (κ1) is 21.7. The Bertz CT molecular complexity index is 571. The quantitative estimate of drug-likeness (QED) is 0.404. The fourth-order valence-electron chi connectivity index (χ4n) is 3.35. The van der Waals surface area contributed by atoms with Crippen LogP contribution in [0.5, 0.6) is 0 Å². The van der Waals surface area contributed by atoms with Gasteiger partial charge >= 0.3 is 0 Å². The Hall–Kier alpha value is -1.39. The van der Waals surface area contributed by atoms with Crippen molar-refractivity contribution in [3.8, 4) is 0 Å². The van der Waals surface area contributed by atoms with Gasteiger partial charge in [-0.3, -0.25) is 14.5 Å². The molecule has 0 unspecified atom stereocenters. The topological polar surface area (TPSA) is 78.6 Å². The summed E-state index contributed by atoms with van der Waals surface area (Å²) in [6.45, 7) is 13.5. The van der Waals surface area contributed by atoms with Crippen LogP contribution in [0.3, 0.4) is 0 Å². The molecule has 0 radical (unpaired) electrons. The van der Waals surface area contributed by atoms with E-state index in [0.717, 1.165) is 19.0 Å². The number of aliphatic imine (C=N–C) groups is 1. The highest BCUT2D eigenvalue weighted by atomic mass is 127. The third-order valence-electron chi connectivity index (χ3n) is 4.03. The number of halogens is 1. The van der Waals surface area contributed by atoms with E-state index in [9.17, 15) is 4.79 Å². The van der Waals surface area contributed by atoms with E-state index < -0.39 is 0 Å². The standard InChI is InChI=1S/C16H29N7O.HI/c1-6-18-15(19-7-8-22-12-17-11-20-22)21-9-14(24)23(13(2)3)16(4,5)10-21;/h11-13H,6-10H2,1-5H3,(H,18,19);1H. The third-order valence-corrected chi connectivity index (χ3v) is 4.03. The zero-order valence-corrected chi connectivity index (χ0v) is 18.1. The molecule has 0 spiro atoms. The van der Waals surface area contributed by atoms with Crippen LogP contribution in [0.2, 0.25) is 0 Å². The molecular formula is C16H30IN7O. The number of rotatable bonds is 5. The first-order chi connectivity index (χ1) is 11.3. The molecule has 9 heteroatoms. The maximum absolute atomic E-state index is 12.6. The highest BCUT2D eigenvalue weighted by Gasteiger charge is 2.40. The Kier molecular flexibility index (Phi) is 8.10. The second kappa shape index (κ2) is 9.35. The van der Waals surface area contributed by atoms with Gasteiger partial charge in [-0.2, -0.15) is 5.10 Å². The van der Waals surface area contributed by atoms with Crippen molar-refractivity contribution in [3.63, 3.8) is 0 Å². The summed E-state index contributed by atoms with van der Waals surface area (Å²) in [5, 5.41) is 7.37. The molecule has 0 saturated carbocycles. The van der Waals surface area contributed by atoms with Crippen molar-refractivity contribution in [1.29, 1.82) is 0 Å². The van der Waals surface area contributed by atoms with Gasteiger partial charge in [0.15, 0.2) is 5.96 Å². The largest absolute Gasteiger partial charge is 0.357 e. The van der Waals surface area contributed by atoms with Gasteiger partial charge in [-0.1, -0.05) is 0 Å². The molecule has 1 N–H and O–H groups in total. The zero-order chi connectivity index (χ0) is 17.7. The number of carbonyl (C=O) groups is 1. The van der Waals surface area contributed by atoms with Gasteiger partial charge in [0.1, 0.15) is 12.7 Å². The lowest BCUT2D eigenvalue weighted by atomic mass is 9.96. The molecule has 1 aliphatic heterocycles. The summed E-state index contributed by atoms with van der Waals surface area (Å²) in [7, 11) is 0. The van der Waals surface area contributed by atoms with Crippen molar-refractivity contribution in [1.82, 2.24) is 29.9 Å². The van der Waals surface area contributed by atoms with E-state index in [1.54, 1.807) is 11.0 Å². The summed E-state index contributed by atoms with van der Waals surface area (Å²) in [5.41, 5.74) is -0.231. The van der Waals surface area contributed by atoms with E-state index in [1.165, 1.54) is 6.33 Å². The second-order valence-corrected chi connectivity index (χ2v) is 6.92. The summed E-state index contributed by atoms with van der Waals surface area (Å²) in [4.78, 5) is 25.2. The van der Waals surface area contributed by atoms with E-state index in [4.69, 9.17) is 0 Å². The lowest BCUT2D eigenvalue weighted by molar-refractivity contribution is -0.145. The zero-order valence-electron chi connectivity index (χ0n) is 15.8. The average Bonchev–Trinajstić information content (AvgIpc) is 2.97. The van der Waals surface area contributed by atoms with Gasteiger partial charge in [0, 0.05) is 19.1 Å². The van der Waals surface area contributed by atoms with E-state index in [2.05, 4.69) is 48.1 Å². The van der Waals surface area contributed by atoms with Crippen molar-refractivity contribution in [2.24, 2.45) is 4.99 Å². The first-order valence-corrected chi connectivity index (χ1v) is 8.53. The monoisotopic (exact) mass is 463 g/mol. The maximum Gasteiger partial charge on any atom is 0.242 e. The van der Waals surface area contributed by atoms with E-state index in [-0.39, 0.29) is 41.5 Å². The number of carbonyl (C=O) groups excluding carboxylic acids is 1. The molecule has 25 heavy (non-hydrogen) atoms. The molecular weight excluding hydrogens is 433 g/mol. The fourth-order valence-corrected chi connectivity index (χ4v) is 3.35. The van der Waals surface area contributed by atoms with Gasteiger partial charge in [0.05, 0.1) is 25.2 Å². The smallest absolute Gasteiger partial charge is 0.242 e. The number of nitrogens with zero attached hydrogens (tertiary/aromatic N) is 6. The summed E-state index contributed by atoms with van der Waals surface area (Å²) < 4.78 is 1.75. The van der Waals surface area contributed by atoms with Crippen LogP contribution in [0.4, 0.5) is 0 Å². The molecule has 0 bridgehead atoms. The predicted octanol–water partition coefficient (Wildman–Crippen LogP) is 1.19.